The number of aliphatic imine (C=N–C) groups is 1. The van der Waals surface area contributed by atoms with Crippen molar-refractivity contribution in [3.8, 4) is 0 Å². The highest BCUT2D eigenvalue weighted by Crippen LogP contribution is 2.18. The second-order valence-electron chi connectivity index (χ2n) is 8.47. The molecule has 0 fully saturated rings. The Morgan fingerprint density at radius 2 is 2.00 bits per heavy atom. The molecule has 0 unspecified atom stereocenters. The summed E-state index contributed by atoms with van der Waals surface area (Å²) in [5.74, 6) is 1.56. The number of nitrogens with zero attached hydrogens (tertiary/aromatic N) is 4. The highest BCUT2D eigenvalue weighted by Gasteiger charge is 2.15. The molecule has 0 atom stereocenters. The van der Waals surface area contributed by atoms with Crippen molar-refractivity contribution in [2.45, 2.75) is 53.1 Å². The van der Waals surface area contributed by atoms with Crippen molar-refractivity contribution in [3.05, 3.63) is 47.3 Å². The molecular formula is C23H36N6O. The van der Waals surface area contributed by atoms with Gasteiger partial charge in [-0.2, -0.15) is 5.10 Å². The number of carbonyl (C=O) groups is 1. The first-order valence-corrected chi connectivity index (χ1v) is 10.5. The van der Waals surface area contributed by atoms with Gasteiger partial charge in [-0.25, -0.2) is 0 Å². The maximum atomic E-state index is 12.0. The van der Waals surface area contributed by atoms with Gasteiger partial charge in [0.05, 0.1) is 5.69 Å². The van der Waals surface area contributed by atoms with Crippen LogP contribution in [0.4, 0.5) is 5.69 Å². The summed E-state index contributed by atoms with van der Waals surface area (Å²) >= 11 is 0. The van der Waals surface area contributed by atoms with Gasteiger partial charge in [0.15, 0.2) is 5.96 Å². The first-order chi connectivity index (χ1) is 14.2. The lowest BCUT2D eigenvalue weighted by atomic mass is 10.1. The Morgan fingerprint density at radius 1 is 1.27 bits per heavy atom. The van der Waals surface area contributed by atoms with E-state index in [4.69, 9.17) is 0 Å². The predicted molar refractivity (Wildman–Crippen MR) is 123 cm³/mol. The smallest absolute Gasteiger partial charge is 0.224 e. The highest BCUT2D eigenvalue weighted by molar-refractivity contribution is 5.90. The van der Waals surface area contributed by atoms with E-state index in [1.165, 1.54) is 5.56 Å². The predicted octanol–water partition coefficient (Wildman–Crippen LogP) is 3.74. The van der Waals surface area contributed by atoms with Crippen molar-refractivity contribution in [1.29, 1.82) is 0 Å². The van der Waals surface area contributed by atoms with E-state index >= 15 is 0 Å². The molecule has 7 heteroatoms. The van der Waals surface area contributed by atoms with Crippen LogP contribution < -0.4 is 10.6 Å². The summed E-state index contributed by atoms with van der Waals surface area (Å²) in [7, 11) is 5.76. The Balaban J connectivity index is 1.98. The SMILES string of the molecule is CN=C(NCc1cccc(NC(=O)CC(C)C)c1)N(C)Cc1cn(C)nc1C(C)C. The average molecular weight is 413 g/mol. The third-order valence-electron chi connectivity index (χ3n) is 4.72. The normalized spacial score (nSPS) is 11.8. The first kappa shape index (κ1) is 23.4. The summed E-state index contributed by atoms with van der Waals surface area (Å²) in [6.45, 7) is 9.74. The van der Waals surface area contributed by atoms with Gasteiger partial charge in [0.1, 0.15) is 0 Å². The third kappa shape index (κ3) is 6.90. The zero-order valence-corrected chi connectivity index (χ0v) is 19.4. The van der Waals surface area contributed by atoms with E-state index in [-0.39, 0.29) is 5.91 Å². The fraction of sp³-hybridized carbons (Fsp3) is 0.522. The maximum Gasteiger partial charge on any atom is 0.224 e. The summed E-state index contributed by atoms with van der Waals surface area (Å²) < 4.78 is 1.87. The van der Waals surface area contributed by atoms with Crippen molar-refractivity contribution in [1.82, 2.24) is 20.0 Å². The molecule has 0 bridgehead atoms. The van der Waals surface area contributed by atoms with Crippen LogP contribution in [0.2, 0.25) is 0 Å². The Hall–Kier alpha value is -2.83. The minimum Gasteiger partial charge on any atom is -0.352 e. The minimum atomic E-state index is 0.0445. The maximum absolute atomic E-state index is 12.0. The number of anilines is 1. The second-order valence-corrected chi connectivity index (χ2v) is 8.47. The lowest BCUT2D eigenvalue weighted by Gasteiger charge is -2.22. The molecule has 2 aromatic rings. The molecule has 164 valence electrons. The van der Waals surface area contributed by atoms with Gasteiger partial charge in [-0.15, -0.1) is 0 Å². The van der Waals surface area contributed by atoms with E-state index < -0.39 is 0 Å². The molecule has 0 aliphatic carbocycles. The Morgan fingerprint density at radius 3 is 2.63 bits per heavy atom. The van der Waals surface area contributed by atoms with E-state index in [2.05, 4.69) is 45.7 Å². The molecular weight excluding hydrogens is 376 g/mol. The van der Waals surface area contributed by atoms with E-state index in [1.807, 2.05) is 56.9 Å². The molecule has 2 rings (SSSR count). The van der Waals surface area contributed by atoms with E-state index in [1.54, 1.807) is 7.05 Å². The summed E-state index contributed by atoms with van der Waals surface area (Å²) in [4.78, 5) is 18.5. The van der Waals surface area contributed by atoms with Crippen LogP contribution in [0.15, 0.2) is 35.5 Å². The first-order valence-electron chi connectivity index (χ1n) is 10.5. The molecule has 0 radical (unpaired) electrons. The number of hydrogen-bond donors (Lipinski definition) is 2. The summed E-state index contributed by atoms with van der Waals surface area (Å²) in [6, 6.07) is 7.91. The topological polar surface area (TPSA) is 74.6 Å². The molecule has 1 aromatic heterocycles. The van der Waals surface area contributed by atoms with Gasteiger partial charge in [-0.05, 0) is 29.5 Å². The van der Waals surface area contributed by atoms with Gasteiger partial charge in [0.2, 0.25) is 5.91 Å². The molecule has 0 spiro atoms. The monoisotopic (exact) mass is 412 g/mol. The number of aromatic nitrogens is 2. The lowest BCUT2D eigenvalue weighted by molar-refractivity contribution is -0.116. The number of amides is 1. The molecule has 1 heterocycles. The number of carbonyl (C=O) groups excluding carboxylic acids is 1. The van der Waals surface area contributed by atoms with Gasteiger partial charge < -0.3 is 15.5 Å². The van der Waals surface area contributed by atoms with Crippen LogP contribution in [0.5, 0.6) is 0 Å². The molecule has 1 aromatic carbocycles. The molecule has 30 heavy (non-hydrogen) atoms. The minimum absolute atomic E-state index is 0.0445. The Bertz CT molecular complexity index is 868. The van der Waals surface area contributed by atoms with Crippen molar-refractivity contribution in [2.24, 2.45) is 18.0 Å². The van der Waals surface area contributed by atoms with Crippen LogP contribution in [0, 0.1) is 5.92 Å². The molecule has 1 amide bonds. The largest absolute Gasteiger partial charge is 0.352 e. The van der Waals surface area contributed by atoms with E-state index in [0.29, 0.717) is 24.8 Å². The molecule has 0 saturated heterocycles. The third-order valence-corrected chi connectivity index (χ3v) is 4.72. The summed E-state index contributed by atoms with van der Waals surface area (Å²) in [5.41, 5.74) is 4.22. The van der Waals surface area contributed by atoms with Crippen LogP contribution in [0.3, 0.4) is 0 Å². The van der Waals surface area contributed by atoms with Crippen LogP contribution in [0.25, 0.3) is 0 Å². The zero-order valence-electron chi connectivity index (χ0n) is 19.4. The van der Waals surface area contributed by atoms with Gasteiger partial charge in [0, 0.05) is 58.1 Å². The van der Waals surface area contributed by atoms with Gasteiger partial charge in [0.25, 0.3) is 0 Å². The summed E-state index contributed by atoms with van der Waals surface area (Å²) in [6.07, 6.45) is 2.59. The Labute approximate surface area is 180 Å². The van der Waals surface area contributed by atoms with Crippen molar-refractivity contribution in [2.75, 3.05) is 19.4 Å². The molecule has 7 nitrogen and oxygen atoms in total. The molecule has 0 saturated carbocycles. The fourth-order valence-corrected chi connectivity index (χ4v) is 3.40. The number of rotatable bonds is 8. The van der Waals surface area contributed by atoms with Crippen molar-refractivity contribution < 1.29 is 4.79 Å². The molecule has 0 aliphatic heterocycles. The van der Waals surface area contributed by atoms with E-state index in [9.17, 15) is 4.79 Å². The molecule has 2 N–H and O–H groups in total. The number of hydrogen-bond acceptors (Lipinski definition) is 3. The number of benzene rings is 1. The van der Waals surface area contributed by atoms with Gasteiger partial charge in [-0.3, -0.25) is 14.5 Å². The van der Waals surface area contributed by atoms with Crippen LogP contribution in [0.1, 0.15) is 56.9 Å². The zero-order chi connectivity index (χ0) is 22.3. The van der Waals surface area contributed by atoms with Gasteiger partial charge in [-0.1, -0.05) is 39.8 Å². The summed E-state index contributed by atoms with van der Waals surface area (Å²) in [5, 5.41) is 11.0. The number of aryl methyl sites for hydroxylation is 1. The van der Waals surface area contributed by atoms with E-state index in [0.717, 1.165) is 29.4 Å². The van der Waals surface area contributed by atoms with Crippen LogP contribution in [-0.2, 0) is 24.9 Å². The lowest BCUT2D eigenvalue weighted by Crippen LogP contribution is -2.38. The fourth-order valence-electron chi connectivity index (χ4n) is 3.40. The number of nitrogens with one attached hydrogen (secondary N) is 2. The number of guanidine groups is 1. The molecule has 0 aliphatic rings. The highest BCUT2D eigenvalue weighted by atomic mass is 16.1. The van der Waals surface area contributed by atoms with Gasteiger partial charge >= 0.3 is 0 Å². The second kappa shape index (κ2) is 10.8. The Kier molecular flexibility index (Phi) is 8.45. The van der Waals surface area contributed by atoms with Crippen LogP contribution in [-0.4, -0.2) is 40.6 Å². The van der Waals surface area contributed by atoms with Crippen molar-refractivity contribution >= 4 is 17.6 Å². The quantitative estimate of drug-likeness (QED) is 0.512. The average Bonchev–Trinajstić information content (AvgIpc) is 3.02. The van der Waals surface area contributed by atoms with Crippen molar-refractivity contribution in [3.63, 3.8) is 0 Å². The van der Waals surface area contributed by atoms with Crippen LogP contribution >= 0.6 is 0 Å². The standard InChI is InChI=1S/C23H36N6O/c1-16(2)11-21(30)26-20-10-8-9-18(12-20)13-25-23(24-5)28(6)14-19-15-29(7)27-22(19)17(3)4/h8-10,12,15-17H,11,13-14H2,1-7H3,(H,24,25)(H,26,30).